The largest absolute Gasteiger partial charge is 0.310 e. The Kier molecular flexibility index (Phi) is 7.58. The highest BCUT2D eigenvalue weighted by atomic mass is 15.1. The second kappa shape index (κ2) is 12.6. The third kappa shape index (κ3) is 5.29. The van der Waals surface area contributed by atoms with Crippen LogP contribution in [0, 0.1) is 0 Å². The maximum absolute atomic E-state index is 2.43. The first-order chi connectivity index (χ1) is 26.8. The minimum absolute atomic E-state index is 0.0138. The molecule has 55 heavy (non-hydrogen) atoms. The van der Waals surface area contributed by atoms with Crippen LogP contribution in [0.2, 0.25) is 0 Å². The Balaban J connectivity index is 1.01. The lowest BCUT2D eigenvalue weighted by atomic mass is 9.81. The van der Waals surface area contributed by atoms with E-state index in [0.29, 0.717) is 0 Å². The van der Waals surface area contributed by atoms with E-state index in [4.69, 9.17) is 0 Å². The van der Waals surface area contributed by atoms with Gasteiger partial charge >= 0.3 is 0 Å². The van der Waals surface area contributed by atoms with Gasteiger partial charge in [0.2, 0.25) is 0 Å². The van der Waals surface area contributed by atoms with Gasteiger partial charge in [-0.3, -0.25) is 0 Å². The first kappa shape index (κ1) is 33.2. The van der Waals surface area contributed by atoms with E-state index in [2.05, 4.69) is 221 Å². The van der Waals surface area contributed by atoms with Crippen molar-refractivity contribution in [3.63, 3.8) is 0 Å². The summed E-state index contributed by atoms with van der Waals surface area (Å²) in [5.41, 5.74) is 21.6. The number of hydrogen-bond donors (Lipinski definition) is 0. The van der Waals surface area contributed by atoms with Gasteiger partial charge in [0, 0.05) is 27.8 Å². The third-order valence-electron chi connectivity index (χ3n) is 12.3. The van der Waals surface area contributed by atoms with Gasteiger partial charge in [0.05, 0.1) is 5.69 Å². The first-order valence-corrected chi connectivity index (χ1v) is 19.4. The molecule has 0 amide bonds. The molecule has 0 heterocycles. The fourth-order valence-corrected chi connectivity index (χ4v) is 9.33. The van der Waals surface area contributed by atoms with E-state index in [0.717, 1.165) is 17.1 Å². The molecule has 0 saturated carbocycles. The van der Waals surface area contributed by atoms with E-state index in [1.807, 2.05) is 0 Å². The van der Waals surface area contributed by atoms with Gasteiger partial charge in [0.15, 0.2) is 0 Å². The Labute approximate surface area is 325 Å². The van der Waals surface area contributed by atoms with Gasteiger partial charge < -0.3 is 4.90 Å². The molecule has 1 heteroatoms. The second-order valence-corrected chi connectivity index (χ2v) is 16.2. The van der Waals surface area contributed by atoms with Gasteiger partial charge in [0.1, 0.15) is 0 Å². The molecule has 8 aromatic rings. The zero-order valence-corrected chi connectivity index (χ0v) is 31.8. The van der Waals surface area contributed by atoms with E-state index in [1.54, 1.807) is 0 Å². The molecule has 0 unspecified atom stereocenters. The van der Waals surface area contributed by atoms with Crippen molar-refractivity contribution >= 4 is 17.1 Å². The maximum atomic E-state index is 2.43. The topological polar surface area (TPSA) is 3.24 Å². The molecule has 0 N–H and O–H groups in total. The number of para-hydroxylation sites is 1. The highest BCUT2D eigenvalue weighted by Crippen LogP contribution is 2.52. The van der Waals surface area contributed by atoms with E-state index in [9.17, 15) is 0 Å². The molecular weight excluding hydrogens is 663 g/mol. The summed E-state index contributed by atoms with van der Waals surface area (Å²) in [5, 5.41) is 0. The van der Waals surface area contributed by atoms with Gasteiger partial charge in [-0.25, -0.2) is 0 Å². The number of anilines is 3. The zero-order valence-electron chi connectivity index (χ0n) is 31.8. The van der Waals surface area contributed by atoms with Crippen LogP contribution in [0.1, 0.15) is 49.9 Å². The molecule has 2 aliphatic rings. The molecule has 0 atom stereocenters. The van der Waals surface area contributed by atoms with Gasteiger partial charge in [-0.2, -0.15) is 0 Å². The van der Waals surface area contributed by atoms with Crippen molar-refractivity contribution in [3.05, 3.63) is 210 Å². The Morgan fingerprint density at radius 1 is 0.291 bits per heavy atom. The zero-order chi connectivity index (χ0) is 37.3. The number of rotatable bonds is 6. The van der Waals surface area contributed by atoms with Gasteiger partial charge in [-0.15, -0.1) is 0 Å². The third-order valence-corrected chi connectivity index (χ3v) is 12.3. The molecule has 264 valence electrons. The number of benzene rings is 8. The van der Waals surface area contributed by atoms with Crippen LogP contribution in [0.4, 0.5) is 17.1 Å². The van der Waals surface area contributed by atoms with Crippen LogP contribution in [0.3, 0.4) is 0 Å². The number of hydrogen-bond acceptors (Lipinski definition) is 1. The molecule has 2 aliphatic carbocycles. The predicted octanol–water partition coefficient (Wildman–Crippen LogP) is 14.8. The summed E-state index contributed by atoms with van der Waals surface area (Å²) in [7, 11) is 0. The Morgan fingerprint density at radius 3 is 1.33 bits per heavy atom. The number of fused-ring (bicyclic) bond motifs is 6. The minimum atomic E-state index is -0.0937. The Bertz CT molecular complexity index is 2730. The van der Waals surface area contributed by atoms with Crippen molar-refractivity contribution in [2.45, 2.75) is 38.5 Å². The molecule has 0 bridgehead atoms. The van der Waals surface area contributed by atoms with Crippen LogP contribution in [0.15, 0.2) is 188 Å². The van der Waals surface area contributed by atoms with Gasteiger partial charge in [-0.05, 0) is 109 Å². The summed E-state index contributed by atoms with van der Waals surface area (Å²) in [6.45, 7) is 9.40. The normalized spacial score (nSPS) is 14.1. The average molecular weight is 706 g/mol. The van der Waals surface area contributed by atoms with Crippen molar-refractivity contribution in [2.24, 2.45) is 0 Å². The van der Waals surface area contributed by atoms with Crippen molar-refractivity contribution < 1.29 is 0 Å². The average Bonchev–Trinajstić information content (AvgIpc) is 3.61. The van der Waals surface area contributed by atoms with Crippen molar-refractivity contribution in [2.75, 3.05) is 4.90 Å². The van der Waals surface area contributed by atoms with E-state index in [-0.39, 0.29) is 10.8 Å². The molecule has 0 aliphatic heterocycles. The summed E-state index contributed by atoms with van der Waals surface area (Å²) < 4.78 is 0. The molecule has 1 nitrogen and oxygen atoms in total. The Hall–Kier alpha value is -6.44. The Morgan fingerprint density at radius 2 is 0.709 bits per heavy atom. The fourth-order valence-electron chi connectivity index (χ4n) is 9.33. The van der Waals surface area contributed by atoms with Crippen molar-refractivity contribution in [1.82, 2.24) is 0 Å². The highest BCUT2D eigenvalue weighted by Gasteiger charge is 2.37. The van der Waals surface area contributed by atoms with Gasteiger partial charge in [0.25, 0.3) is 0 Å². The van der Waals surface area contributed by atoms with Gasteiger partial charge in [-0.1, -0.05) is 179 Å². The van der Waals surface area contributed by atoms with Crippen molar-refractivity contribution in [3.8, 4) is 55.6 Å². The molecule has 0 fully saturated rings. The SMILES string of the molecule is CC1(C)c2ccccc2-c2ccc(-c3ccc(-c4ccc(N(c5ccc6c(c5)C(C)(C)c5ccccc5-6)c5ccccc5-c5ccccc5)cc4)cc3)cc21. The second-order valence-electron chi connectivity index (χ2n) is 16.2. The smallest absolute Gasteiger partial charge is 0.0540 e. The first-order valence-electron chi connectivity index (χ1n) is 19.4. The lowest BCUT2D eigenvalue weighted by Crippen LogP contribution is -2.16. The quantitative estimate of drug-likeness (QED) is 0.166. The molecule has 0 spiro atoms. The standard InChI is InChI=1S/C54H43N/c1-53(2)48-19-11-8-17-44(48)46-32-28-40(34-50(46)53)38-24-22-36(23-25-38)37-26-29-41(30-27-37)55(52-21-13-10-16-43(52)39-14-6-5-7-15-39)42-31-33-47-45-18-9-12-20-49(45)54(3,4)51(47)35-42/h5-35H,1-4H3. The summed E-state index contributed by atoms with van der Waals surface area (Å²) in [4.78, 5) is 2.43. The predicted molar refractivity (Wildman–Crippen MR) is 233 cm³/mol. The molecule has 10 rings (SSSR count). The molecule has 0 radical (unpaired) electrons. The van der Waals surface area contributed by atoms with E-state index >= 15 is 0 Å². The van der Waals surface area contributed by atoms with Crippen LogP contribution < -0.4 is 4.90 Å². The summed E-state index contributed by atoms with van der Waals surface area (Å²) in [6, 6.07) is 69.4. The van der Waals surface area contributed by atoms with Crippen LogP contribution >= 0.6 is 0 Å². The summed E-state index contributed by atoms with van der Waals surface area (Å²) >= 11 is 0. The molecule has 0 saturated heterocycles. The molecular formula is C54H43N. The van der Waals surface area contributed by atoms with Crippen LogP contribution in [0.25, 0.3) is 55.6 Å². The van der Waals surface area contributed by atoms with Crippen LogP contribution in [-0.2, 0) is 10.8 Å². The molecule has 8 aromatic carbocycles. The summed E-state index contributed by atoms with van der Waals surface area (Å²) in [6.07, 6.45) is 0. The van der Waals surface area contributed by atoms with E-state index in [1.165, 1.54) is 77.9 Å². The van der Waals surface area contributed by atoms with Crippen LogP contribution in [-0.4, -0.2) is 0 Å². The fraction of sp³-hybridized carbons (Fsp3) is 0.111. The lowest BCUT2D eigenvalue weighted by Gasteiger charge is -2.30. The maximum Gasteiger partial charge on any atom is 0.0540 e. The van der Waals surface area contributed by atoms with Crippen LogP contribution in [0.5, 0.6) is 0 Å². The highest BCUT2D eigenvalue weighted by molar-refractivity contribution is 5.91. The molecule has 0 aromatic heterocycles. The van der Waals surface area contributed by atoms with Crippen molar-refractivity contribution in [1.29, 1.82) is 0 Å². The summed E-state index contributed by atoms with van der Waals surface area (Å²) in [5.74, 6) is 0. The van der Waals surface area contributed by atoms with E-state index < -0.39 is 0 Å². The lowest BCUT2D eigenvalue weighted by molar-refractivity contribution is 0.660. The monoisotopic (exact) mass is 705 g/mol. The minimum Gasteiger partial charge on any atom is -0.310 e. The number of nitrogens with zero attached hydrogens (tertiary/aromatic N) is 1.